The fourth-order valence-corrected chi connectivity index (χ4v) is 2.26. The summed E-state index contributed by atoms with van der Waals surface area (Å²) in [5.41, 5.74) is -1.82. The molecule has 0 saturated carbocycles. The van der Waals surface area contributed by atoms with Crippen molar-refractivity contribution in [3.05, 3.63) is 47.0 Å². The van der Waals surface area contributed by atoms with Crippen LogP contribution in [0.1, 0.15) is 23.6 Å². The maximum atomic E-state index is 13.0. The van der Waals surface area contributed by atoms with E-state index >= 15 is 0 Å². The molecule has 108 valence electrons. The highest BCUT2D eigenvalue weighted by Crippen LogP contribution is 2.41. The van der Waals surface area contributed by atoms with E-state index < -0.39 is 28.9 Å². The number of hydrogen-bond donors (Lipinski definition) is 0. The summed E-state index contributed by atoms with van der Waals surface area (Å²) in [7, 11) is 0. The number of hydrogen-bond acceptors (Lipinski definition) is 0. The van der Waals surface area contributed by atoms with Crippen LogP contribution in [0.15, 0.2) is 30.3 Å². The van der Waals surface area contributed by atoms with Gasteiger partial charge in [0.25, 0.3) is 0 Å². The molecule has 0 aliphatic carbocycles. The molecule has 0 heterocycles. The molecule has 0 bridgehead atoms. The van der Waals surface area contributed by atoms with E-state index in [4.69, 9.17) is 0 Å². The lowest BCUT2D eigenvalue weighted by Crippen LogP contribution is -2.10. The maximum Gasteiger partial charge on any atom is 0.417 e. The van der Waals surface area contributed by atoms with Crippen molar-refractivity contribution in [2.75, 3.05) is 0 Å². The van der Waals surface area contributed by atoms with Gasteiger partial charge < -0.3 is 0 Å². The van der Waals surface area contributed by atoms with Crippen LogP contribution in [-0.4, -0.2) is 0 Å². The van der Waals surface area contributed by atoms with Crippen molar-refractivity contribution in [2.24, 2.45) is 0 Å². The van der Waals surface area contributed by atoms with Crippen LogP contribution in [0.5, 0.6) is 0 Å². The molecule has 0 aliphatic heterocycles. The van der Waals surface area contributed by atoms with Crippen molar-refractivity contribution in [3.63, 3.8) is 0 Å². The highest BCUT2D eigenvalue weighted by Gasteiger charge is 2.37. The highest BCUT2D eigenvalue weighted by molar-refractivity contribution is 5.92. The molecule has 2 rings (SSSR count). The van der Waals surface area contributed by atoms with E-state index in [0.29, 0.717) is 0 Å². The van der Waals surface area contributed by atoms with Gasteiger partial charge in [-0.3, -0.25) is 0 Å². The van der Waals surface area contributed by atoms with E-state index in [1.54, 1.807) is 6.92 Å². The lowest BCUT2D eigenvalue weighted by molar-refractivity contribution is -0.138. The molecule has 0 amide bonds. The summed E-state index contributed by atoms with van der Waals surface area (Å²) >= 11 is 0. The van der Waals surface area contributed by atoms with Crippen LogP contribution in [0.25, 0.3) is 10.8 Å². The summed E-state index contributed by atoms with van der Waals surface area (Å²) in [6, 6.07) is 4.83. The molecule has 0 N–H and O–H groups in total. The summed E-state index contributed by atoms with van der Waals surface area (Å²) in [5.74, 6) is 0. The molecule has 0 spiro atoms. The van der Waals surface area contributed by atoms with Crippen LogP contribution in [0.4, 0.5) is 26.3 Å². The second kappa shape index (κ2) is 4.68. The van der Waals surface area contributed by atoms with Crippen LogP contribution in [0, 0.1) is 0 Å². The minimum Gasteiger partial charge on any atom is -0.166 e. The SMILES string of the molecule is CCc1ccc(C(F)(F)F)c2cccc(C(F)(F)F)c12. The van der Waals surface area contributed by atoms with Crippen LogP contribution >= 0.6 is 0 Å². The Labute approximate surface area is 111 Å². The Morgan fingerprint density at radius 3 is 1.90 bits per heavy atom. The standard InChI is InChI=1S/C14H10F6/c1-2-8-6-7-10(13(15,16)17)9-4-3-5-11(12(8)9)14(18,19)20/h3-7H,2H2,1H3. The molecule has 0 unspecified atom stereocenters. The number of aryl methyl sites for hydroxylation is 1. The van der Waals surface area contributed by atoms with Gasteiger partial charge >= 0.3 is 12.4 Å². The summed E-state index contributed by atoms with van der Waals surface area (Å²) in [4.78, 5) is 0. The van der Waals surface area contributed by atoms with Gasteiger partial charge in [0.15, 0.2) is 0 Å². The van der Waals surface area contributed by atoms with Crippen LogP contribution in [0.3, 0.4) is 0 Å². The minimum atomic E-state index is -4.69. The average Bonchev–Trinajstić information content (AvgIpc) is 2.34. The summed E-state index contributed by atoms with van der Waals surface area (Å²) in [5, 5.41) is -0.774. The second-order valence-corrected chi connectivity index (χ2v) is 4.35. The van der Waals surface area contributed by atoms with Crippen molar-refractivity contribution in [2.45, 2.75) is 25.7 Å². The summed E-state index contributed by atoms with van der Waals surface area (Å²) < 4.78 is 77.6. The molecule has 0 aromatic heterocycles. The Kier molecular flexibility index (Phi) is 3.44. The van der Waals surface area contributed by atoms with Gasteiger partial charge in [-0.15, -0.1) is 0 Å². The summed E-state index contributed by atoms with van der Waals surface area (Å²) in [6.07, 6.45) is -9.15. The van der Waals surface area contributed by atoms with Crippen molar-refractivity contribution < 1.29 is 26.3 Å². The average molecular weight is 292 g/mol. The van der Waals surface area contributed by atoms with Crippen molar-refractivity contribution in [1.82, 2.24) is 0 Å². The van der Waals surface area contributed by atoms with E-state index in [9.17, 15) is 26.3 Å². The third kappa shape index (κ3) is 2.46. The zero-order valence-electron chi connectivity index (χ0n) is 10.4. The van der Waals surface area contributed by atoms with Gasteiger partial charge in [0.1, 0.15) is 0 Å². The third-order valence-electron chi connectivity index (χ3n) is 3.12. The van der Waals surface area contributed by atoms with Crippen LogP contribution < -0.4 is 0 Å². The Balaban J connectivity index is 2.93. The molecule has 0 radical (unpaired) electrons. The Hall–Kier alpha value is -1.72. The second-order valence-electron chi connectivity index (χ2n) is 4.35. The van der Waals surface area contributed by atoms with E-state index in [1.165, 1.54) is 0 Å². The molecule has 0 aliphatic rings. The van der Waals surface area contributed by atoms with Crippen molar-refractivity contribution >= 4 is 10.8 Å². The lowest BCUT2D eigenvalue weighted by Gasteiger charge is -2.17. The van der Waals surface area contributed by atoms with E-state index in [2.05, 4.69) is 0 Å². The Morgan fingerprint density at radius 1 is 0.800 bits per heavy atom. The Morgan fingerprint density at radius 2 is 1.40 bits per heavy atom. The topological polar surface area (TPSA) is 0 Å². The smallest absolute Gasteiger partial charge is 0.166 e. The molecule has 0 saturated heterocycles. The first-order valence-corrected chi connectivity index (χ1v) is 5.85. The predicted molar refractivity (Wildman–Crippen MR) is 63.3 cm³/mol. The fraction of sp³-hybridized carbons (Fsp3) is 0.286. The molecule has 2 aromatic carbocycles. The molecule has 0 nitrogen and oxygen atoms in total. The summed E-state index contributed by atoms with van der Waals surface area (Å²) in [6.45, 7) is 1.61. The van der Waals surface area contributed by atoms with Gasteiger partial charge in [0.05, 0.1) is 11.1 Å². The van der Waals surface area contributed by atoms with Crippen LogP contribution in [-0.2, 0) is 18.8 Å². The monoisotopic (exact) mass is 292 g/mol. The first kappa shape index (κ1) is 14.7. The van der Waals surface area contributed by atoms with E-state index in [1.807, 2.05) is 0 Å². The van der Waals surface area contributed by atoms with Gasteiger partial charge in [-0.25, -0.2) is 0 Å². The molecule has 6 heteroatoms. The van der Waals surface area contributed by atoms with E-state index in [0.717, 1.165) is 30.3 Å². The van der Waals surface area contributed by atoms with Crippen LogP contribution in [0.2, 0.25) is 0 Å². The highest BCUT2D eigenvalue weighted by atomic mass is 19.4. The first-order valence-electron chi connectivity index (χ1n) is 5.85. The minimum absolute atomic E-state index is 0.224. The van der Waals surface area contributed by atoms with Gasteiger partial charge in [0, 0.05) is 0 Å². The number of fused-ring (bicyclic) bond motifs is 1. The van der Waals surface area contributed by atoms with Gasteiger partial charge in [-0.1, -0.05) is 25.1 Å². The number of benzene rings is 2. The number of halogens is 6. The molecular weight excluding hydrogens is 282 g/mol. The zero-order chi connectivity index (χ0) is 15.1. The molecule has 20 heavy (non-hydrogen) atoms. The number of alkyl halides is 6. The molecular formula is C14H10F6. The fourth-order valence-electron chi connectivity index (χ4n) is 2.26. The third-order valence-corrected chi connectivity index (χ3v) is 3.12. The van der Waals surface area contributed by atoms with Crippen molar-refractivity contribution in [3.8, 4) is 0 Å². The molecule has 0 atom stereocenters. The lowest BCUT2D eigenvalue weighted by atomic mass is 9.94. The van der Waals surface area contributed by atoms with E-state index in [-0.39, 0.29) is 17.4 Å². The van der Waals surface area contributed by atoms with Crippen molar-refractivity contribution in [1.29, 1.82) is 0 Å². The van der Waals surface area contributed by atoms with Gasteiger partial charge in [-0.05, 0) is 34.9 Å². The van der Waals surface area contributed by atoms with Gasteiger partial charge in [0.2, 0.25) is 0 Å². The largest absolute Gasteiger partial charge is 0.417 e. The Bertz CT molecular complexity index is 636. The molecule has 0 fully saturated rings. The quantitative estimate of drug-likeness (QED) is 0.614. The predicted octanol–water partition coefficient (Wildman–Crippen LogP) is 5.44. The van der Waals surface area contributed by atoms with Gasteiger partial charge in [-0.2, -0.15) is 26.3 Å². The first-order chi connectivity index (χ1) is 9.16. The maximum absolute atomic E-state index is 13.0. The normalized spacial score (nSPS) is 12.9. The number of rotatable bonds is 1. The molecule has 2 aromatic rings. The zero-order valence-corrected chi connectivity index (χ0v) is 10.4.